The molecule has 0 atom stereocenters. The summed E-state index contributed by atoms with van der Waals surface area (Å²) in [6.45, 7) is 1.51. The molecule has 0 aliphatic heterocycles. The van der Waals surface area contributed by atoms with Crippen LogP contribution < -0.4 is 10.5 Å². The molecule has 0 aliphatic carbocycles. The predicted octanol–water partition coefficient (Wildman–Crippen LogP) is 3.14. The molecule has 132 valence electrons. The molecule has 1 aromatic heterocycles. The summed E-state index contributed by atoms with van der Waals surface area (Å²) >= 11 is 0. The summed E-state index contributed by atoms with van der Waals surface area (Å²) in [5, 5.41) is 16.2. The van der Waals surface area contributed by atoms with Gasteiger partial charge < -0.3 is 10.5 Å². The number of rotatable bonds is 7. The minimum Gasteiger partial charge on any atom is -0.476 e. The number of fused-ring (bicyclic) bond motifs is 1. The molecule has 0 amide bonds. The van der Waals surface area contributed by atoms with Gasteiger partial charge in [-0.25, -0.2) is 0 Å². The molecule has 3 rings (SSSR count). The number of hydrogen-bond donors (Lipinski definition) is 1. The van der Waals surface area contributed by atoms with Gasteiger partial charge in [-0.15, -0.1) is 17.5 Å². The van der Waals surface area contributed by atoms with Gasteiger partial charge in [-0.05, 0) is 24.6 Å². The molecule has 2 aromatic carbocycles. The van der Waals surface area contributed by atoms with Gasteiger partial charge in [0.25, 0.3) is 5.69 Å². The molecule has 0 aliphatic rings. The standard InChI is InChI=1S/C17H18N4O3.ClH/c18-9-4-10-24-17-15-11-14(21(22)23)7-8-16(15)20(19-17)12-13-5-2-1-3-6-13;/h1-3,5-8,11H,4,9-10,12,18H2;1H. The molecule has 0 saturated heterocycles. The van der Waals surface area contributed by atoms with Crippen molar-refractivity contribution in [2.24, 2.45) is 5.73 Å². The Kier molecular flexibility index (Phi) is 6.32. The first-order valence-corrected chi connectivity index (χ1v) is 7.71. The van der Waals surface area contributed by atoms with Crippen molar-refractivity contribution in [3.8, 4) is 5.88 Å². The Hall–Kier alpha value is -2.64. The lowest BCUT2D eigenvalue weighted by atomic mass is 10.2. The van der Waals surface area contributed by atoms with Gasteiger partial charge in [0.15, 0.2) is 0 Å². The molecule has 0 saturated carbocycles. The lowest BCUT2D eigenvalue weighted by Gasteiger charge is -2.03. The maximum Gasteiger partial charge on any atom is 0.270 e. The Labute approximate surface area is 150 Å². The fourth-order valence-corrected chi connectivity index (χ4v) is 2.49. The van der Waals surface area contributed by atoms with Gasteiger partial charge in [-0.1, -0.05) is 30.3 Å². The highest BCUT2D eigenvalue weighted by Gasteiger charge is 2.16. The van der Waals surface area contributed by atoms with Crippen molar-refractivity contribution in [3.05, 3.63) is 64.2 Å². The van der Waals surface area contributed by atoms with E-state index in [9.17, 15) is 10.1 Å². The Morgan fingerprint density at radius 1 is 1.20 bits per heavy atom. The topological polar surface area (TPSA) is 96.2 Å². The number of nitro groups is 1. The molecule has 0 fully saturated rings. The second-order valence-electron chi connectivity index (χ2n) is 5.40. The van der Waals surface area contributed by atoms with E-state index in [1.807, 2.05) is 30.3 Å². The first kappa shape index (κ1) is 18.7. The minimum absolute atomic E-state index is 0. The fourth-order valence-electron chi connectivity index (χ4n) is 2.49. The van der Waals surface area contributed by atoms with Crippen LogP contribution in [0.15, 0.2) is 48.5 Å². The van der Waals surface area contributed by atoms with E-state index in [1.54, 1.807) is 10.7 Å². The van der Waals surface area contributed by atoms with E-state index in [2.05, 4.69) is 5.10 Å². The number of benzene rings is 2. The molecular formula is C17H19ClN4O3. The summed E-state index contributed by atoms with van der Waals surface area (Å²) in [6, 6.07) is 14.6. The SMILES string of the molecule is Cl.NCCCOc1nn(Cc2ccccc2)c2ccc([N+](=O)[O-])cc12. The first-order valence-electron chi connectivity index (χ1n) is 7.71. The van der Waals surface area contributed by atoms with E-state index in [0.717, 1.165) is 11.1 Å². The van der Waals surface area contributed by atoms with E-state index < -0.39 is 4.92 Å². The smallest absolute Gasteiger partial charge is 0.270 e. The molecule has 0 unspecified atom stereocenters. The van der Waals surface area contributed by atoms with Gasteiger partial charge >= 0.3 is 0 Å². The predicted molar refractivity (Wildman–Crippen MR) is 98.3 cm³/mol. The van der Waals surface area contributed by atoms with E-state index in [0.29, 0.717) is 37.4 Å². The molecule has 2 N–H and O–H groups in total. The van der Waals surface area contributed by atoms with Crippen molar-refractivity contribution < 1.29 is 9.66 Å². The van der Waals surface area contributed by atoms with Crippen molar-refractivity contribution in [3.63, 3.8) is 0 Å². The second kappa shape index (κ2) is 8.46. The zero-order valence-corrected chi connectivity index (χ0v) is 14.3. The van der Waals surface area contributed by atoms with Crippen LogP contribution in [0.2, 0.25) is 0 Å². The van der Waals surface area contributed by atoms with Crippen LogP contribution in [0.3, 0.4) is 0 Å². The fraction of sp³-hybridized carbons (Fsp3) is 0.235. The average molecular weight is 363 g/mol. The number of halogens is 1. The monoisotopic (exact) mass is 362 g/mol. The van der Waals surface area contributed by atoms with Crippen LogP contribution in [0.5, 0.6) is 5.88 Å². The summed E-state index contributed by atoms with van der Waals surface area (Å²) in [5.74, 6) is 0.401. The second-order valence-corrected chi connectivity index (χ2v) is 5.40. The van der Waals surface area contributed by atoms with Gasteiger partial charge in [0.05, 0.1) is 29.0 Å². The van der Waals surface area contributed by atoms with Gasteiger partial charge in [-0.2, -0.15) is 0 Å². The zero-order chi connectivity index (χ0) is 16.9. The lowest BCUT2D eigenvalue weighted by molar-refractivity contribution is -0.384. The van der Waals surface area contributed by atoms with E-state index >= 15 is 0 Å². The number of aromatic nitrogens is 2. The van der Waals surface area contributed by atoms with Crippen molar-refractivity contribution in [2.45, 2.75) is 13.0 Å². The van der Waals surface area contributed by atoms with Crippen LogP contribution in [0, 0.1) is 10.1 Å². The first-order chi connectivity index (χ1) is 11.7. The molecule has 0 spiro atoms. The van der Waals surface area contributed by atoms with Crippen molar-refractivity contribution in [1.29, 1.82) is 0 Å². The molecule has 0 radical (unpaired) electrons. The lowest BCUT2D eigenvalue weighted by Crippen LogP contribution is -2.07. The summed E-state index contributed by atoms with van der Waals surface area (Å²) in [6.07, 6.45) is 0.696. The van der Waals surface area contributed by atoms with Crippen LogP contribution in [-0.2, 0) is 6.54 Å². The van der Waals surface area contributed by atoms with E-state index in [4.69, 9.17) is 10.5 Å². The van der Waals surface area contributed by atoms with E-state index in [-0.39, 0.29) is 18.1 Å². The number of nitrogens with zero attached hydrogens (tertiary/aromatic N) is 3. The van der Waals surface area contributed by atoms with Crippen LogP contribution in [0.1, 0.15) is 12.0 Å². The Morgan fingerprint density at radius 3 is 2.64 bits per heavy atom. The molecular weight excluding hydrogens is 344 g/mol. The maximum atomic E-state index is 11.0. The molecule has 7 nitrogen and oxygen atoms in total. The summed E-state index contributed by atoms with van der Waals surface area (Å²) in [4.78, 5) is 10.6. The minimum atomic E-state index is -0.419. The maximum absolute atomic E-state index is 11.0. The van der Waals surface area contributed by atoms with Crippen LogP contribution in [0.25, 0.3) is 10.9 Å². The van der Waals surface area contributed by atoms with Crippen molar-refractivity contribution in [1.82, 2.24) is 9.78 Å². The van der Waals surface area contributed by atoms with Crippen LogP contribution in [0.4, 0.5) is 5.69 Å². The molecule has 3 aromatic rings. The van der Waals surface area contributed by atoms with Crippen molar-refractivity contribution >= 4 is 29.0 Å². The van der Waals surface area contributed by atoms with E-state index in [1.165, 1.54) is 12.1 Å². The third-order valence-corrected chi connectivity index (χ3v) is 3.67. The largest absolute Gasteiger partial charge is 0.476 e. The Morgan fingerprint density at radius 2 is 1.96 bits per heavy atom. The Bertz CT molecular complexity index is 852. The highest BCUT2D eigenvalue weighted by molar-refractivity contribution is 5.86. The van der Waals surface area contributed by atoms with Gasteiger partial charge in [0, 0.05) is 12.1 Å². The summed E-state index contributed by atoms with van der Waals surface area (Å²) in [7, 11) is 0. The highest BCUT2D eigenvalue weighted by Crippen LogP contribution is 2.29. The van der Waals surface area contributed by atoms with Crippen LogP contribution >= 0.6 is 12.4 Å². The summed E-state index contributed by atoms with van der Waals surface area (Å²) < 4.78 is 7.48. The quantitative estimate of drug-likeness (QED) is 0.395. The number of hydrogen-bond acceptors (Lipinski definition) is 5. The van der Waals surface area contributed by atoms with Gasteiger partial charge in [-0.3, -0.25) is 14.8 Å². The molecule has 25 heavy (non-hydrogen) atoms. The Balaban J connectivity index is 0.00000225. The molecule has 1 heterocycles. The van der Waals surface area contributed by atoms with Crippen molar-refractivity contribution in [2.75, 3.05) is 13.2 Å². The van der Waals surface area contributed by atoms with Crippen LogP contribution in [-0.4, -0.2) is 27.9 Å². The zero-order valence-electron chi connectivity index (χ0n) is 13.5. The highest BCUT2D eigenvalue weighted by atomic mass is 35.5. The number of ether oxygens (including phenoxy) is 1. The van der Waals surface area contributed by atoms with Gasteiger partial charge in [0.1, 0.15) is 0 Å². The number of nitro benzene ring substituents is 1. The average Bonchev–Trinajstić information content (AvgIpc) is 2.93. The third kappa shape index (κ3) is 4.26. The number of non-ortho nitro benzene ring substituents is 1. The normalized spacial score (nSPS) is 10.4. The molecule has 8 heteroatoms. The summed E-state index contributed by atoms with van der Waals surface area (Å²) in [5.41, 5.74) is 7.39. The van der Waals surface area contributed by atoms with Gasteiger partial charge in [0.2, 0.25) is 5.88 Å². The molecule has 0 bridgehead atoms. The third-order valence-electron chi connectivity index (χ3n) is 3.67. The number of nitrogens with two attached hydrogens (primary N) is 1.